The second-order valence-electron chi connectivity index (χ2n) is 7.12. The highest BCUT2D eigenvalue weighted by Crippen LogP contribution is 2.29. The molecule has 1 aromatic heterocycles. The third kappa shape index (κ3) is 5.58. The molecule has 27 heavy (non-hydrogen) atoms. The Labute approximate surface area is 166 Å². The summed E-state index contributed by atoms with van der Waals surface area (Å²) in [7, 11) is 0. The Balaban J connectivity index is 2.21. The van der Waals surface area contributed by atoms with Gasteiger partial charge in [-0.05, 0) is 61.9 Å². The Morgan fingerprint density at radius 1 is 1.26 bits per heavy atom. The highest BCUT2D eigenvalue weighted by molar-refractivity contribution is 8.00. The van der Waals surface area contributed by atoms with Gasteiger partial charge in [0.05, 0.1) is 10.8 Å². The number of anilines is 1. The van der Waals surface area contributed by atoms with Crippen molar-refractivity contribution in [2.45, 2.75) is 57.7 Å². The number of hydrogen-bond acceptors (Lipinski definition) is 4. The number of carbonyl (C=O) groups is 1. The third-order valence-electron chi connectivity index (χ3n) is 4.44. The van der Waals surface area contributed by atoms with E-state index in [1.807, 2.05) is 51.1 Å². The minimum absolute atomic E-state index is 0.0591. The molecule has 2 rings (SSSR count). The average molecular weight is 382 g/mol. The summed E-state index contributed by atoms with van der Waals surface area (Å²) < 4.78 is 0. The molecule has 0 bridgehead atoms. The van der Waals surface area contributed by atoms with Crippen LogP contribution in [0.5, 0.6) is 0 Å². The topological polar surface area (TPSA) is 65.8 Å². The maximum absolute atomic E-state index is 12.8. The molecule has 0 spiro atoms. The lowest BCUT2D eigenvalue weighted by molar-refractivity contribution is -0.115. The summed E-state index contributed by atoms with van der Waals surface area (Å²) in [6.45, 7) is 10.3. The number of nitriles is 1. The van der Waals surface area contributed by atoms with E-state index in [9.17, 15) is 10.1 Å². The Morgan fingerprint density at radius 2 is 2.00 bits per heavy atom. The number of rotatable bonds is 7. The lowest BCUT2D eigenvalue weighted by atomic mass is 10.1. The van der Waals surface area contributed by atoms with Gasteiger partial charge >= 0.3 is 0 Å². The van der Waals surface area contributed by atoms with Crippen LogP contribution in [0.4, 0.5) is 5.69 Å². The van der Waals surface area contributed by atoms with E-state index < -0.39 is 0 Å². The first-order valence-electron chi connectivity index (χ1n) is 9.29. The second kappa shape index (κ2) is 9.57. The van der Waals surface area contributed by atoms with E-state index in [0.717, 1.165) is 28.9 Å². The van der Waals surface area contributed by atoms with Crippen LogP contribution in [0.2, 0.25) is 0 Å². The van der Waals surface area contributed by atoms with Crippen molar-refractivity contribution in [2.24, 2.45) is 5.92 Å². The molecular weight excluding hydrogens is 354 g/mol. The van der Waals surface area contributed by atoms with Crippen LogP contribution in [0, 0.1) is 31.1 Å². The fraction of sp³-hybridized carbons (Fsp3) is 0.409. The normalized spacial score (nSPS) is 11.9. The van der Waals surface area contributed by atoms with Crippen molar-refractivity contribution in [1.29, 1.82) is 5.26 Å². The molecular formula is C22H27N3OS. The van der Waals surface area contributed by atoms with Gasteiger partial charge in [0, 0.05) is 11.4 Å². The van der Waals surface area contributed by atoms with Crippen LogP contribution in [0.3, 0.4) is 0 Å². The van der Waals surface area contributed by atoms with Crippen molar-refractivity contribution in [2.75, 3.05) is 5.32 Å². The molecule has 1 N–H and O–H groups in total. The first kappa shape index (κ1) is 21.0. The molecule has 142 valence electrons. The smallest absolute Gasteiger partial charge is 0.237 e. The number of benzene rings is 1. The summed E-state index contributed by atoms with van der Waals surface area (Å²) in [6.07, 6.45) is 1.51. The molecule has 0 aliphatic rings. The van der Waals surface area contributed by atoms with Gasteiger partial charge in [-0.3, -0.25) is 4.79 Å². The summed E-state index contributed by atoms with van der Waals surface area (Å²) in [5.74, 6) is 0.425. The van der Waals surface area contributed by atoms with Crippen LogP contribution in [0.25, 0.3) is 0 Å². The number of nitrogens with one attached hydrogen (secondary N) is 1. The van der Waals surface area contributed by atoms with Crippen LogP contribution < -0.4 is 5.32 Å². The van der Waals surface area contributed by atoms with Crippen molar-refractivity contribution in [3.05, 3.63) is 52.7 Å². The largest absolute Gasteiger partial charge is 0.325 e. The van der Waals surface area contributed by atoms with Crippen molar-refractivity contribution in [3.63, 3.8) is 0 Å². The van der Waals surface area contributed by atoms with Gasteiger partial charge in [-0.2, -0.15) is 5.26 Å². The summed E-state index contributed by atoms with van der Waals surface area (Å²) >= 11 is 1.37. The zero-order valence-corrected chi connectivity index (χ0v) is 17.5. The molecule has 0 saturated carbocycles. The average Bonchev–Trinajstić information content (AvgIpc) is 2.63. The van der Waals surface area contributed by atoms with Gasteiger partial charge in [-0.15, -0.1) is 0 Å². The predicted octanol–water partition coefficient (Wildman–Crippen LogP) is 5.28. The quantitative estimate of drug-likeness (QED) is 0.663. The number of aromatic nitrogens is 1. The SMILES string of the molecule is CCC(Sc1nc(CC(C)C)ccc1C#N)C(=O)Nc1cccc(C)c1C. The zero-order chi connectivity index (χ0) is 20.0. The Kier molecular flexibility index (Phi) is 7.44. The maximum atomic E-state index is 12.8. The third-order valence-corrected chi connectivity index (χ3v) is 5.80. The summed E-state index contributed by atoms with van der Waals surface area (Å²) in [5.41, 5.74) is 4.52. The fourth-order valence-corrected chi connectivity index (χ4v) is 3.76. The molecule has 0 radical (unpaired) electrons. The molecule has 1 amide bonds. The van der Waals surface area contributed by atoms with Crippen LogP contribution in [-0.4, -0.2) is 16.1 Å². The molecule has 5 heteroatoms. The van der Waals surface area contributed by atoms with Crippen molar-refractivity contribution in [3.8, 4) is 6.07 Å². The number of aryl methyl sites for hydroxylation is 1. The maximum Gasteiger partial charge on any atom is 0.237 e. The minimum Gasteiger partial charge on any atom is -0.325 e. The molecule has 4 nitrogen and oxygen atoms in total. The molecule has 0 fully saturated rings. The van der Waals surface area contributed by atoms with Gasteiger partial charge in [-0.1, -0.05) is 44.7 Å². The van der Waals surface area contributed by atoms with Crippen molar-refractivity contribution >= 4 is 23.4 Å². The summed E-state index contributed by atoms with van der Waals surface area (Å²) in [4.78, 5) is 17.5. The van der Waals surface area contributed by atoms with Gasteiger partial charge < -0.3 is 5.32 Å². The Hall–Kier alpha value is -2.32. The standard InChI is InChI=1S/C22H27N3OS/c1-6-20(21(26)25-19-9-7-8-15(4)16(19)5)27-22-17(13-23)10-11-18(24-22)12-14(2)3/h7-11,14,20H,6,12H2,1-5H3,(H,25,26). The first-order chi connectivity index (χ1) is 12.8. The lowest BCUT2D eigenvalue weighted by Crippen LogP contribution is -2.25. The molecule has 0 saturated heterocycles. The number of carbonyl (C=O) groups excluding carboxylic acids is 1. The highest BCUT2D eigenvalue weighted by atomic mass is 32.2. The summed E-state index contributed by atoms with van der Waals surface area (Å²) in [6, 6.07) is 11.8. The zero-order valence-electron chi connectivity index (χ0n) is 16.7. The van der Waals surface area contributed by atoms with Gasteiger partial charge in [0.15, 0.2) is 0 Å². The van der Waals surface area contributed by atoms with Crippen molar-refractivity contribution < 1.29 is 4.79 Å². The van der Waals surface area contributed by atoms with Gasteiger partial charge in [0.2, 0.25) is 5.91 Å². The second-order valence-corrected chi connectivity index (χ2v) is 8.31. The highest BCUT2D eigenvalue weighted by Gasteiger charge is 2.21. The van der Waals surface area contributed by atoms with Crippen LogP contribution in [0.1, 0.15) is 49.6 Å². The summed E-state index contributed by atoms with van der Waals surface area (Å²) in [5, 5.41) is 12.8. The molecule has 1 unspecified atom stereocenters. The number of amides is 1. The van der Waals surface area contributed by atoms with Gasteiger partial charge in [0.1, 0.15) is 11.1 Å². The Bertz CT molecular complexity index is 855. The fourth-order valence-electron chi connectivity index (χ4n) is 2.74. The van der Waals surface area contributed by atoms with E-state index >= 15 is 0 Å². The number of hydrogen-bond donors (Lipinski definition) is 1. The molecule has 1 atom stereocenters. The molecule has 1 aromatic carbocycles. The van der Waals surface area contributed by atoms with E-state index in [1.54, 1.807) is 0 Å². The molecule has 0 aliphatic heterocycles. The molecule has 2 aromatic rings. The van der Waals surface area contributed by atoms with Gasteiger partial charge in [0.25, 0.3) is 0 Å². The van der Waals surface area contributed by atoms with E-state index in [0.29, 0.717) is 22.9 Å². The lowest BCUT2D eigenvalue weighted by Gasteiger charge is -2.17. The Morgan fingerprint density at radius 3 is 2.63 bits per heavy atom. The van der Waals surface area contributed by atoms with E-state index in [1.165, 1.54) is 11.8 Å². The number of nitrogens with zero attached hydrogens (tertiary/aromatic N) is 2. The minimum atomic E-state index is -0.307. The predicted molar refractivity (Wildman–Crippen MR) is 112 cm³/mol. The number of pyridine rings is 1. The molecule has 0 aliphatic carbocycles. The monoisotopic (exact) mass is 381 g/mol. The van der Waals surface area contributed by atoms with E-state index in [4.69, 9.17) is 0 Å². The van der Waals surface area contributed by atoms with Gasteiger partial charge in [-0.25, -0.2) is 4.98 Å². The molecule has 1 heterocycles. The van der Waals surface area contributed by atoms with E-state index in [-0.39, 0.29) is 11.2 Å². The van der Waals surface area contributed by atoms with E-state index in [2.05, 4.69) is 30.2 Å². The van der Waals surface area contributed by atoms with Crippen LogP contribution in [-0.2, 0) is 11.2 Å². The van der Waals surface area contributed by atoms with Crippen LogP contribution in [0.15, 0.2) is 35.4 Å². The number of thioether (sulfide) groups is 1. The first-order valence-corrected chi connectivity index (χ1v) is 10.2. The van der Waals surface area contributed by atoms with Crippen LogP contribution >= 0.6 is 11.8 Å². The van der Waals surface area contributed by atoms with Crippen molar-refractivity contribution in [1.82, 2.24) is 4.98 Å².